The number of benzene rings is 3. The molecule has 7 heteroatoms. The van der Waals surface area contributed by atoms with Crippen LogP contribution in [0.1, 0.15) is 40.7 Å². The third-order valence-corrected chi connectivity index (χ3v) is 6.62. The van der Waals surface area contributed by atoms with Gasteiger partial charge in [0.25, 0.3) is 5.91 Å². The number of hydrogen-bond acceptors (Lipinski definition) is 4. The van der Waals surface area contributed by atoms with Gasteiger partial charge in [0, 0.05) is 33.7 Å². The summed E-state index contributed by atoms with van der Waals surface area (Å²) in [6.45, 7) is 2.06. The van der Waals surface area contributed by atoms with Crippen molar-refractivity contribution in [2.45, 2.75) is 25.8 Å². The first kappa shape index (κ1) is 24.0. The molecule has 0 saturated carbocycles. The van der Waals surface area contributed by atoms with Crippen LogP contribution in [0.4, 0.5) is 0 Å². The lowest BCUT2D eigenvalue weighted by atomic mass is 9.79. The Bertz CT molecular complexity index is 1230. The van der Waals surface area contributed by atoms with E-state index in [1.807, 2.05) is 49.4 Å². The fraction of sp³-hybridized carbons (Fsp3) is 0.222. The first-order valence-electron chi connectivity index (χ1n) is 10.9. The molecule has 1 aliphatic rings. The molecule has 0 bridgehead atoms. The van der Waals surface area contributed by atoms with Crippen molar-refractivity contribution < 1.29 is 14.3 Å². The number of hydrazone groups is 1. The van der Waals surface area contributed by atoms with Gasteiger partial charge in [0.2, 0.25) is 0 Å². The van der Waals surface area contributed by atoms with Crippen LogP contribution >= 0.6 is 23.2 Å². The van der Waals surface area contributed by atoms with Crippen molar-refractivity contribution in [3.63, 3.8) is 0 Å². The minimum Gasteiger partial charge on any atom is -0.497 e. The highest BCUT2D eigenvalue weighted by molar-refractivity contribution is 6.35. The van der Waals surface area contributed by atoms with Gasteiger partial charge >= 0.3 is 0 Å². The van der Waals surface area contributed by atoms with Gasteiger partial charge in [-0.05, 0) is 42.3 Å². The molecule has 0 radical (unpaired) electrons. The van der Waals surface area contributed by atoms with Gasteiger partial charge in [-0.3, -0.25) is 9.59 Å². The van der Waals surface area contributed by atoms with Crippen molar-refractivity contribution in [1.29, 1.82) is 0 Å². The van der Waals surface area contributed by atoms with Crippen molar-refractivity contribution >= 4 is 40.6 Å². The molecule has 1 heterocycles. The number of rotatable bonds is 8. The summed E-state index contributed by atoms with van der Waals surface area (Å²) in [6.07, 6.45) is 0.176. The average molecular weight is 495 g/mol. The quantitative estimate of drug-likeness (QED) is 0.340. The molecule has 0 aromatic heterocycles. The summed E-state index contributed by atoms with van der Waals surface area (Å²) in [5.41, 5.74) is 2.91. The van der Waals surface area contributed by atoms with Crippen molar-refractivity contribution in [3.05, 3.63) is 99.5 Å². The molecule has 1 aliphatic heterocycles. The van der Waals surface area contributed by atoms with Crippen LogP contribution < -0.4 is 4.74 Å². The van der Waals surface area contributed by atoms with Crippen LogP contribution in [0.15, 0.2) is 77.9 Å². The minimum atomic E-state index is -0.563. The van der Waals surface area contributed by atoms with Gasteiger partial charge in [-0.2, -0.15) is 5.10 Å². The molecule has 0 N–H and O–H groups in total. The topological polar surface area (TPSA) is 59.0 Å². The molecular weight excluding hydrogens is 471 g/mol. The van der Waals surface area contributed by atoms with E-state index >= 15 is 0 Å². The SMILES string of the molecule is COc1ccc(C(CC(=O)c2ccccc2)C2C(=O)N(Cc3ccc(Cl)cc3Cl)N=C2C)cc1. The molecule has 3 aromatic carbocycles. The van der Waals surface area contributed by atoms with Gasteiger partial charge in [-0.1, -0.05) is 71.7 Å². The molecule has 1 amide bonds. The Kier molecular flexibility index (Phi) is 7.35. The smallest absolute Gasteiger partial charge is 0.252 e. The highest BCUT2D eigenvalue weighted by Gasteiger charge is 2.41. The number of ether oxygens (including phenoxy) is 1. The van der Waals surface area contributed by atoms with Crippen LogP contribution in [0.5, 0.6) is 5.75 Å². The number of nitrogens with zero attached hydrogens (tertiary/aromatic N) is 2. The Hall–Kier alpha value is -3.15. The second kappa shape index (κ2) is 10.4. The number of carbonyl (C=O) groups is 2. The van der Waals surface area contributed by atoms with Crippen LogP contribution in [-0.2, 0) is 11.3 Å². The zero-order valence-electron chi connectivity index (χ0n) is 18.9. The van der Waals surface area contributed by atoms with Crippen LogP contribution in [-0.4, -0.2) is 29.5 Å². The fourth-order valence-corrected chi connectivity index (χ4v) is 4.72. The van der Waals surface area contributed by atoms with E-state index in [-0.39, 0.29) is 30.6 Å². The summed E-state index contributed by atoms with van der Waals surface area (Å²) in [7, 11) is 1.60. The highest BCUT2D eigenvalue weighted by Crippen LogP contribution is 2.37. The lowest BCUT2D eigenvalue weighted by Crippen LogP contribution is -2.32. The Morgan fingerprint density at radius 1 is 1.06 bits per heavy atom. The van der Waals surface area contributed by atoms with Gasteiger partial charge in [0.1, 0.15) is 5.75 Å². The summed E-state index contributed by atoms with van der Waals surface area (Å²) in [6, 6.07) is 21.8. The number of methoxy groups -OCH3 is 1. The summed E-state index contributed by atoms with van der Waals surface area (Å²) < 4.78 is 5.28. The highest BCUT2D eigenvalue weighted by atomic mass is 35.5. The van der Waals surface area contributed by atoms with Gasteiger partial charge in [-0.15, -0.1) is 0 Å². The van der Waals surface area contributed by atoms with Crippen LogP contribution in [0.25, 0.3) is 0 Å². The fourth-order valence-electron chi connectivity index (χ4n) is 4.25. The first-order valence-corrected chi connectivity index (χ1v) is 11.7. The summed E-state index contributed by atoms with van der Waals surface area (Å²) in [4.78, 5) is 26.7. The Labute approximate surface area is 208 Å². The summed E-state index contributed by atoms with van der Waals surface area (Å²) in [5, 5.41) is 6.97. The van der Waals surface area contributed by atoms with E-state index in [2.05, 4.69) is 5.10 Å². The third-order valence-electron chi connectivity index (χ3n) is 6.03. The maximum absolute atomic E-state index is 13.6. The van der Waals surface area contributed by atoms with E-state index < -0.39 is 5.92 Å². The van der Waals surface area contributed by atoms with E-state index in [1.165, 1.54) is 5.01 Å². The van der Waals surface area contributed by atoms with Crippen molar-refractivity contribution in [2.75, 3.05) is 7.11 Å². The largest absolute Gasteiger partial charge is 0.497 e. The van der Waals surface area contributed by atoms with Gasteiger partial charge in [-0.25, -0.2) is 5.01 Å². The third kappa shape index (κ3) is 5.16. The number of amides is 1. The summed E-state index contributed by atoms with van der Waals surface area (Å²) in [5.74, 6) is -0.418. The van der Waals surface area contributed by atoms with E-state index in [4.69, 9.17) is 27.9 Å². The van der Waals surface area contributed by atoms with Crippen LogP contribution in [0.3, 0.4) is 0 Å². The average Bonchev–Trinajstić information content (AvgIpc) is 3.12. The molecule has 2 atom stereocenters. The number of hydrogen-bond donors (Lipinski definition) is 0. The minimum absolute atomic E-state index is 0.0267. The molecule has 0 saturated heterocycles. The normalized spacial score (nSPS) is 16.4. The number of halogens is 2. The molecule has 3 aromatic rings. The Balaban J connectivity index is 1.64. The molecule has 4 rings (SSSR count). The number of Topliss-reactive ketones (excluding diaryl/α,β-unsaturated/α-hetero) is 1. The van der Waals surface area contributed by atoms with E-state index in [1.54, 1.807) is 37.4 Å². The molecule has 0 spiro atoms. The second-order valence-electron chi connectivity index (χ2n) is 8.22. The number of carbonyl (C=O) groups excluding carboxylic acids is 2. The van der Waals surface area contributed by atoms with Crippen molar-refractivity contribution in [3.8, 4) is 5.75 Å². The lowest BCUT2D eigenvalue weighted by Gasteiger charge is -2.24. The Morgan fingerprint density at radius 2 is 1.76 bits per heavy atom. The molecular formula is C27H24Cl2N2O3. The predicted octanol–water partition coefficient (Wildman–Crippen LogP) is 6.39. The molecule has 2 unspecified atom stereocenters. The predicted molar refractivity (Wildman–Crippen MR) is 135 cm³/mol. The second-order valence-corrected chi connectivity index (χ2v) is 9.07. The van der Waals surface area contributed by atoms with Crippen LogP contribution in [0, 0.1) is 5.92 Å². The van der Waals surface area contributed by atoms with Gasteiger partial charge in [0.15, 0.2) is 5.78 Å². The van der Waals surface area contributed by atoms with E-state index in [9.17, 15) is 9.59 Å². The van der Waals surface area contributed by atoms with E-state index in [0.717, 1.165) is 11.1 Å². The lowest BCUT2D eigenvalue weighted by molar-refractivity contribution is -0.132. The molecule has 0 aliphatic carbocycles. The monoisotopic (exact) mass is 494 g/mol. The molecule has 34 heavy (non-hydrogen) atoms. The van der Waals surface area contributed by atoms with Gasteiger partial charge in [0.05, 0.1) is 19.6 Å². The number of ketones is 1. The zero-order valence-corrected chi connectivity index (χ0v) is 20.4. The standard InChI is InChI=1S/C27H24Cl2N2O3/c1-17-26(27(33)31(30-17)16-20-8-11-21(28)14-24(20)29)23(18-9-12-22(34-2)13-10-18)15-25(32)19-6-4-3-5-7-19/h3-14,23,26H,15-16H2,1-2H3. The first-order chi connectivity index (χ1) is 16.4. The van der Waals surface area contributed by atoms with Crippen molar-refractivity contribution in [1.82, 2.24) is 5.01 Å². The summed E-state index contributed by atoms with van der Waals surface area (Å²) >= 11 is 12.3. The van der Waals surface area contributed by atoms with Crippen LogP contribution in [0.2, 0.25) is 10.0 Å². The molecule has 0 fully saturated rings. The van der Waals surface area contributed by atoms with Crippen molar-refractivity contribution in [2.24, 2.45) is 11.0 Å². The molecule has 5 nitrogen and oxygen atoms in total. The maximum atomic E-state index is 13.6. The maximum Gasteiger partial charge on any atom is 0.252 e. The molecule has 174 valence electrons. The zero-order chi connectivity index (χ0) is 24.2. The van der Waals surface area contributed by atoms with E-state index in [0.29, 0.717) is 27.1 Å². The Morgan fingerprint density at radius 3 is 2.41 bits per heavy atom. The van der Waals surface area contributed by atoms with Gasteiger partial charge < -0.3 is 4.74 Å².